The lowest BCUT2D eigenvalue weighted by atomic mass is 10.3. The fourth-order valence-electron chi connectivity index (χ4n) is 2.04. The molecule has 0 bridgehead atoms. The molecule has 1 aromatic carbocycles. The molecule has 0 atom stereocenters. The average molecular weight is 348 g/mol. The van der Waals surface area contributed by atoms with E-state index in [1.54, 1.807) is 6.07 Å². The van der Waals surface area contributed by atoms with Crippen molar-refractivity contribution in [1.29, 1.82) is 0 Å². The fourth-order valence-corrected chi connectivity index (χ4v) is 3.53. The van der Waals surface area contributed by atoms with Crippen LogP contribution in [0.15, 0.2) is 28.1 Å². The van der Waals surface area contributed by atoms with Gasteiger partial charge in [0.15, 0.2) is 0 Å². The summed E-state index contributed by atoms with van der Waals surface area (Å²) < 4.78 is 37.0. The van der Waals surface area contributed by atoms with Gasteiger partial charge in [-0.3, -0.25) is 0 Å². The van der Waals surface area contributed by atoms with Crippen LogP contribution in [-0.2, 0) is 14.8 Å². The summed E-state index contributed by atoms with van der Waals surface area (Å²) in [5.74, 6) is 0.652. The molecule has 0 unspecified atom stereocenters. The fraction of sp³-hybridized carbons (Fsp3) is 0.462. The first-order valence-corrected chi connectivity index (χ1v) is 8.61. The molecular formula is C13H18ClN3O4S. The highest BCUT2D eigenvalue weighted by Crippen LogP contribution is 2.31. The van der Waals surface area contributed by atoms with Gasteiger partial charge in [-0.1, -0.05) is 0 Å². The van der Waals surface area contributed by atoms with Crippen LogP contribution in [-0.4, -0.2) is 57.9 Å². The highest BCUT2D eigenvalue weighted by Gasteiger charge is 2.27. The monoisotopic (exact) mass is 347 g/mol. The third-order valence-electron chi connectivity index (χ3n) is 3.16. The van der Waals surface area contributed by atoms with E-state index in [1.165, 1.54) is 23.5 Å². The number of ether oxygens (including phenoxy) is 2. The van der Waals surface area contributed by atoms with Crippen molar-refractivity contribution in [2.75, 3.05) is 39.3 Å². The molecule has 1 heterocycles. The van der Waals surface area contributed by atoms with E-state index in [-0.39, 0.29) is 16.6 Å². The first-order valence-electron chi connectivity index (χ1n) is 6.64. The number of morpholine rings is 1. The summed E-state index contributed by atoms with van der Waals surface area (Å²) in [5.41, 5.74) is 5.95. The van der Waals surface area contributed by atoms with E-state index in [1.807, 2.05) is 0 Å². The number of amidine groups is 1. The van der Waals surface area contributed by atoms with Crippen LogP contribution in [0.3, 0.4) is 0 Å². The highest BCUT2D eigenvalue weighted by atomic mass is 35.5. The topological polar surface area (TPSA) is 94.2 Å². The summed E-state index contributed by atoms with van der Waals surface area (Å²) in [6.45, 7) is 1.44. The second-order valence-corrected chi connectivity index (χ2v) is 6.79. The minimum atomic E-state index is -3.60. The number of aliphatic imine (C=N–C) groups is 1. The second kappa shape index (κ2) is 7.28. The summed E-state index contributed by atoms with van der Waals surface area (Å²) in [7, 11) is -2.12. The van der Waals surface area contributed by atoms with Crippen LogP contribution in [0.1, 0.15) is 0 Å². The molecule has 22 heavy (non-hydrogen) atoms. The summed E-state index contributed by atoms with van der Waals surface area (Å²) in [5, 5.41) is 0. The number of hydrogen-bond donors (Lipinski definition) is 1. The molecule has 2 rings (SSSR count). The standard InChI is InChI=1S/C13H18ClN3O4S/c1-20-12-3-2-10(8-11(12)16-13(15)9-14)22(18,19)17-4-6-21-7-5-17/h2-3,8H,4-7,9H2,1H3,(H2,15,16). The maximum Gasteiger partial charge on any atom is 0.243 e. The third kappa shape index (κ3) is 3.70. The predicted octanol–water partition coefficient (Wildman–Crippen LogP) is 0.944. The number of alkyl halides is 1. The maximum absolute atomic E-state index is 12.6. The van der Waals surface area contributed by atoms with Gasteiger partial charge in [-0.2, -0.15) is 4.31 Å². The molecule has 0 spiro atoms. The molecule has 0 saturated carbocycles. The Balaban J connectivity index is 2.41. The maximum atomic E-state index is 12.6. The Hall–Kier alpha value is -1.35. The van der Waals surface area contributed by atoms with E-state index < -0.39 is 10.0 Å². The van der Waals surface area contributed by atoms with Gasteiger partial charge < -0.3 is 15.2 Å². The number of nitrogens with two attached hydrogens (primary N) is 1. The van der Waals surface area contributed by atoms with Gasteiger partial charge in [0.2, 0.25) is 10.0 Å². The van der Waals surface area contributed by atoms with Crippen molar-refractivity contribution in [3.05, 3.63) is 18.2 Å². The van der Waals surface area contributed by atoms with E-state index in [4.69, 9.17) is 26.8 Å². The van der Waals surface area contributed by atoms with Crippen molar-refractivity contribution >= 4 is 33.1 Å². The van der Waals surface area contributed by atoms with Crippen molar-refractivity contribution in [2.24, 2.45) is 10.7 Å². The van der Waals surface area contributed by atoms with E-state index in [9.17, 15) is 8.42 Å². The van der Waals surface area contributed by atoms with Crippen LogP contribution in [0.5, 0.6) is 5.75 Å². The number of benzene rings is 1. The Labute approximate surface area is 134 Å². The summed E-state index contributed by atoms with van der Waals surface area (Å²) >= 11 is 5.61. The van der Waals surface area contributed by atoms with Crippen LogP contribution in [0, 0.1) is 0 Å². The van der Waals surface area contributed by atoms with Crippen LogP contribution in [0.25, 0.3) is 0 Å². The van der Waals surface area contributed by atoms with E-state index in [2.05, 4.69) is 4.99 Å². The molecule has 1 aliphatic rings. The number of rotatable bonds is 5. The smallest absolute Gasteiger partial charge is 0.243 e. The lowest BCUT2D eigenvalue weighted by molar-refractivity contribution is 0.0730. The molecule has 122 valence electrons. The summed E-state index contributed by atoms with van der Waals surface area (Å²) in [4.78, 5) is 4.23. The van der Waals surface area contributed by atoms with Crippen molar-refractivity contribution in [3.8, 4) is 5.75 Å². The molecule has 1 fully saturated rings. The Morgan fingerprint density at radius 3 is 2.73 bits per heavy atom. The molecule has 1 aliphatic heterocycles. The van der Waals surface area contributed by atoms with E-state index in [0.29, 0.717) is 37.7 Å². The molecule has 0 amide bonds. The molecule has 2 N–H and O–H groups in total. The number of hydrogen-bond acceptors (Lipinski definition) is 5. The Kier molecular flexibility index (Phi) is 5.63. The van der Waals surface area contributed by atoms with Gasteiger partial charge in [-0.05, 0) is 18.2 Å². The number of methoxy groups -OCH3 is 1. The Morgan fingerprint density at radius 1 is 1.45 bits per heavy atom. The van der Waals surface area contributed by atoms with E-state index >= 15 is 0 Å². The molecular weight excluding hydrogens is 330 g/mol. The van der Waals surface area contributed by atoms with Gasteiger partial charge in [-0.25, -0.2) is 13.4 Å². The van der Waals surface area contributed by atoms with Crippen LogP contribution in [0.2, 0.25) is 0 Å². The van der Waals surface area contributed by atoms with E-state index in [0.717, 1.165) is 0 Å². The number of sulfonamides is 1. The quantitative estimate of drug-likeness (QED) is 0.486. The molecule has 9 heteroatoms. The van der Waals surface area contributed by atoms with Crippen LogP contribution >= 0.6 is 11.6 Å². The van der Waals surface area contributed by atoms with Gasteiger partial charge in [0.05, 0.1) is 31.1 Å². The lowest BCUT2D eigenvalue weighted by Crippen LogP contribution is -2.40. The summed E-state index contributed by atoms with van der Waals surface area (Å²) in [6, 6.07) is 4.47. The minimum absolute atomic E-state index is 0.0452. The van der Waals surface area contributed by atoms with Crippen molar-refractivity contribution in [2.45, 2.75) is 4.90 Å². The second-order valence-electron chi connectivity index (χ2n) is 4.59. The molecule has 7 nitrogen and oxygen atoms in total. The molecule has 1 saturated heterocycles. The lowest BCUT2D eigenvalue weighted by Gasteiger charge is -2.26. The normalized spacial score (nSPS) is 17.5. The number of nitrogens with zero attached hydrogens (tertiary/aromatic N) is 2. The Bertz CT molecular complexity index is 657. The predicted molar refractivity (Wildman–Crippen MR) is 84.6 cm³/mol. The van der Waals surface area contributed by atoms with Gasteiger partial charge in [0, 0.05) is 13.1 Å². The first-order chi connectivity index (χ1) is 10.5. The van der Waals surface area contributed by atoms with Gasteiger partial charge in [0.25, 0.3) is 0 Å². The summed E-state index contributed by atoms with van der Waals surface area (Å²) in [6.07, 6.45) is 0. The zero-order valence-corrected chi connectivity index (χ0v) is 13.7. The minimum Gasteiger partial charge on any atom is -0.494 e. The van der Waals surface area contributed by atoms with Gasteiger partial charge in [0.1, 0.15) is 17.3 Å². The average Bonchev–Trinajstić information content (AvgIpc) is 2.55. The van der Waals surface area contributed by atoms with Crippen molar-refractivity contribution in [1.82, 2.24) is 4.31 Å². The Morgan fingerprint density at radius 2 is 2.14 bits per heavy atom. The van der Waals surface area contributed by atoms with Gasteiger partial charge in [-0.15, -0.1) is 11.6 Å². The SMILES string of the molecule is COc1ccc(S(=O)(=O)N2CCOCC2)cc1N=C(N)CCl. The molecule has 1 aromatic rings. The zero-order valence-electron chi connectivity index (χ0n) is 12.2. The largest absolute Gasteiger partial charge is 0.494 e. The molecule has 0 aliphatic carbocycles. The third-order valence-corrected chi connectivity index (χ3v) is 5.33. The molecule has 0 aromatic heterocycles. The van der Waals surface area contributed by atoms with Crippen LogP contribution < -0.4 is 10.5 Å². The first kappa shape index (κ1) is 17.0. The highest BCUT2D eigenvalue weighted by molar-refractivity contribution is 7.89. The molecule has 0 radical (unpaired) electrons. The van der Waals surface area contributed by atoms with Gasteiger partial charge >= 0.3 is 0 Å². The van der Waals surface area contributed by atoms with Crippen molar-refractivity contribution in [3.63, 3.8) is 0 Å². The van der Waals surface area contributed by atoms with Crippen LogP contribution in [0.4, 0.5) is 5.69 Å². The zero-order chi connectivity index (χ0) is 16.2. The van der Waals surface area contributed by atoms with Crippen molar-refractivity contribution < 1.29 is 17.9 Å². The number of halogens is 1.